The fraction of sp³-hybridized carbons (Fsp3) is 0.500. The minimum Gasteiger partial charge on any atom is -0.467 e. The van der Waals surface area contributed by atoms with Crippen LogP contribution in [0.4, 0.5) is 4.39 Å². The largest absolute Gasteiger partial charge is 0.467 e. The van der Waals surface area contributed by atoms with E-state index in [1.807, 2.05) is 0 Å². The fourth-order valence-corrected chi connectivity index (χ4v) is 2.05. The van der Waals surface area contributed by atoms with E-state index in [2.05, 4.69) is 17.0 Å². The summed E-state index contributed by atoms with van der Waals surface area (Å²) in [6.45, 7) is 2.09. The smallest absolute Gasteiger partial charge is 0.328 e. The van der Waals surface area contributed by atoms with Crippen molar-refractivity contribution in [3.05, 3.63) is 35.6 Å². The molecule has 0 aliphatic rings. The molecule has 1 amide bonds. The molecule has 0 saturated carbocycles. The van der Waals surface area contributed by atoms with E-state index in [1.54, 1.807) is 6.07 Å². The van der Waals surface area contributed by atoms with Crippen molar-refractivity contribution in [2.24, 2.45) is 0 Å². The summed E-state index contributed by atoms with van der Waals surface area (Å²) in [6, 6.07) is 4.94. The molecule has 0 aliphatic carbocycles. The van der Waals surface area contributed by atoms with Crippen LogP contribution in [0.25, 0.3) is 0 Å². The molecule has 1 rings (SSSR count). The molecule has 0 aromatic heterocycles. The van der Waals surface area contributed by atoms with Crippen molar-refractivity contribution >= 4 is 11.9 Å². The number of benzene rings is 1. The molecule has 0 aliphatic heterocycles. The molecule has 0 unspecified atom stereocenters. The lowest BCUT2D eigenvalue weighted by atomic mass is 10.1. The number of amides is 1. The lowest BCUT2D eigenvalue weighted by molar-refractivity contribution is -0.143. The minimum atomic E-state index is -0.737. The summed E-state index contributed by atoms with van der Waals surface area (Å²) in [5, 5.41) is 2.55. The molecule has 0 radical (unpaired) electrons. The first-order chi connectivity index (χ1) is 10.1. The second-order valence-electron chi connectivity index (χ2n) is 4.88. The van der Waals surface area contributed by atoms with Gasteiger partial charge in [0.05, 0.1) is 12.7 Å². The minimum absolute atomic E-state index is 0.0695. The molecule has 1 aromatic carbocycles. The van der Waals surface area contributed by atoms with Gasteiger partial charge in [-0.05, 0) is 18.6 Å². The summed E-state index contributed by atoms with van der Waals surface area (Å²) < 4.78 is 18.2. The third-order valence-corrected chi connectivity index (χ3v) is 3.26. The first-order valence-electron chi connectivity index (χ1n) is 7.23. The van der Waals surface area contributed by atoms with E-state index in [1.165, 1.54) is 25.3 Å². The number of nitrogens with one attached hydrogen (secondary N) is 1. The van der Waals surface area contributed by atoms with Crippen LogP contribution in [0.5, 0.6) is 0 Å². The third-order valence-electron chi connectivity index (χ3n) is 3.26. The van der Waals surface area contributed by atoms with Gasteiger partial charge in [-0.15, -0.1) is 0 Å². The Labute approximate surface area is 124 Å². The maximum atomic E-state index is 13.5. The number of ether oxygens (including phenoxy) is 1. The average molecular weight is 295 g/mol. The van der Waals surface area contributed by atoms with Crippen LogP contribution in [0.2, 0.25) is 0 Å². The van der Waals surface area contributed by atoms with E-state index in [0.29, 0.717) is 6.42 Å². The highest BCUT2D eigenvalue weighted by atomic mass is 19.1. The number of hydrogen-bond donors (Lipinski definition) is 1. The molecule has 0 bridgehead atoms. The molecular formula is C16H22FNO3. The van der Waals surface area contributed by atoms with E-state index in [4.69, 9.17) is 0 Å². The monoisotopic (exact) mass is 295 g/mol. The predicted molar refractivity (Wildman–Crippen MR) is 78.4 cm³/mol. The first kappa shape index (κ1) is 17.1. The predicted octanol–water partition coefficient (Wildman–Crippen LogP) is 3.07. The van der Waals surface area contributed by atoms with E-state index < -0.39 is 23.7 Å². The number of methoxy groups -OCH3 is 1. The van der Waals surface area contributed by atoms with Crippen molar-refractivity contribution in [3.8, 4) is 0 Å². The lowest BCUT2D eigenvalue weighted by Crippen LogP contribution is -2.41. The molecule has 4 nitrogen and oxygen atoms in total. The molecule has 1 N–H and O–H groups in total. The molecule has 21 heavy (non-hydrogen) atoms. The normalized spacial score (nSPS) is 11.8. The number of hydrogen-bond acceptors (Lipinski definition) is 3. The summed E-state index contributed by atoms with van der Waals surface area (Å²) in [7, 11) is 1.27. The van der Waals surface area contributed by atoms with Gasteiger partial charge in [-0.3, -0.25) is 4.79 Å². The zero-order chi connectivity index (χ0) is 15.7. The summed E-state index contributed by atoms with van der Waals surface area (Å²) >= 11 is 0. The quantitative estimate of drug-likeness (QED) is 0.592. The second kappa shape index (κ2) is 9.10. The third kappa shape index (κ3) is 5.53. The van der Waals surface area contributed by atoms with Crippen molar-refractivity contribution in [3.63, 3.8) is 0 Å². The van der Waals surface area contributed by atoms with Crippen LogP contribution < -0.4 is 5.32 Å². The van der Waals surface area contributed by atoms with Crippen molar-refractivity contribution in [2.75, 3.05) is 7.11 Å². The number of halogens is 1. The molecule has 1 aromatic rings. The number of carbonyl (C=O) groups excluding carboxylic acids is 2. The topological polar surface area (TPSA) is 55.4 Å². The highest BCUT2D eigenvalue weighted by Crippen LogP contribution is 2.10. The lowest BCUT2D eigenvalue weighted by Gasteiger charge is -2.16. The number of carbonyl (C=O) groups is 2. The van der Waals surface area contributed by atoms with Crippen LogP contribution in [-0.4, -0.2) is 25.0 Å². The van der Waals surface area contributed by atoms with Crippen molar-refractivity contribution in [1.82, 2.24) is 5.32 Å². The van der Waals surface area contributed by atoms with Gasteiger partial charge in [-0.25, -0.2) is 9.18 Å². The van der Waals surface area contributed by atoms with Gasteiger partial charge in [-0.2, -0.15) is 0 Å². The van der Waals surface area contributed by atoms with Crippen molar-refractivity contribution in [2.45, 2.75) is 45.1 Å². The summed E-state index contributed by atoms with van der Waals surface area (Å²) in [5.41, 5.74) is -0.0695. The number of unbranched alkanes of at least 4 members (excludes halogenated alkanes) is 3. The molecule has 0 spiro atoms. The highest BCUT2D eigenvalue weighted by molar-refractivity contribution is 5.96. The van der Waals surface area contributed by atoms with Crippen LogP contribution >= 0.6 is 0 Å². The van der Waals surface area contributed by atoms with Gasteiger partial charge in [0.2, 0.25) is 0 Å². The van der Waals surface area contributed by atoms with Crippen LogP contribution in [0, 0.1) is 5.82 Å². The zero-order valence-electron chi connectivity index (χ0n) is 12.5. The Kier molecular flexibility index (Phi) is 7.43. The van der Waals surface area contributed by atoms with Crippen molar-refractivity contribution < 1.29 is 18.7 Å². The fourth-order valence-electron chi connectivity index (χ4n) is 2.05. The van der Waals surface area contributed by atoms with E-state index >= 15 is 0 Å². The van der Waals surface area contributed by atoms with Crippen LogP contribution in [0.3, 0.4) is 0 Å². The molecule has 0 heterocycles. The molecular weight excluding hydrogens is 273 g/mol. The Balaban J connectivity index is 2.65. The van der Waals surface area contributed by atoms with Crippen LogP contribution in [0.15, 0.2) is 24.3 Å². The maximum absolute atomic E-state index is 13.5. The van der Waals surface area contributed by atoms with Crippen molar-refractivity contribution in [1.29, 1.82) is 0 Å². The molecule has 5 heteroatoms. The van der Waals surface area contributed by atoms with Crippen LogP contribution in [0.1, 0.15) is 49.4 Å². The molecule has 0 saturated heterocycles. The van der Waals surface area contributed by atoms with Gasteiger partial charge in [0, 0.05) is 0 Å². The molecule has 116 valence electrons. The van der Waals surface area contributed by atoms with Gasteiger partial charge in [-0.1, -0.05) is 44.7 Å². The van der Waals surface area contributed by atoms with Gasteiger partial charge in [0.25, 0.3) is 5.91 Å². The van der Waals surface area contributed by atoms with E-state index in [9.17, 15) is 14.0 Å². The summed E-state index contributed by atoms with van der Waals surface area (Å²) in [5.74, 6) is -1.71. The van der Waals surface area contributed by atoms with Gasteiger partial charge in [0.15, 0.2) is 0 Å². The van der Waals surface area contributed by atoms with Gasteiger partial charge >= 0.3 is 5.97 Å². The summed E-state index contributed by atoms with van der Waals surface area (Å²) in [6.07, 6.45) is 4.46. The van der Waals surface area contributed by atoms with Crippen LogP contribution in [-0.2, 0) is 9.53 Å². The second-order valence-corrected chi connectivity index (χ2v) is 4.88. The zero-order valence-corrected chi connectivity index (χ0v) is 12.5. The number of esters is 1. The summed E-state index contributed by atoms with van der Waals surface area (Å²) in [4.78, 5) is 23.7. The first-order valence-corrected chi connectivity index (χ1v) is 7.23. The highest BCUT2D eigenvalue weighted by Gasteiger charge is 2.22. The average Bonchev–Trinajstić information content (AvgIpc) is 2.49. The van der Waals surface area contributed by atoms with Gasteiger partial charge < -0.3 is 10.1 Å². The Morgan fingerprint density at radius 2 is 1.95 bits per heavy atom. The number of rotatable bonds is 8. The molecule has 0 fully saturated rings. The Hall–Kier alpha value is -1.91. The Morgan fingerprint density at radius 1 is 1.24 bits per heavy atom. The Morgan fingerprint density at radius 3 is 2.57 bits per heavy atom. The van der Waals surface area contributed by atoms with E-state index in [0.717, 1.165) is 25.7 Å². The molecule has 1 atom stereocenters. The maximum Gasteiger partial charge on any atom is 0.328 e. The standard InChI is InChI=1S/C16H22FNO3/c1-3-4-5-6-11-14(16(20)21-2)18-15(19)12-9-7-8-10-13(12)17/h7-10,14H,3-6,11H2,1-2H3,(H,18,19)/t14-/m1/s1. The Bertz CT molecular complexity index is 476. The SMILES string of the molecule is CCCCCC[C@@H](NC(=O)c1ccccc1F)C(=O)OC. The van der Waals surface area contributed by atoms with E-state index in [-0.39, 0.29) is 5.56 Å². The van der Waals surface area contributed by atoms with Gasteiger partial charge in [0.1, 0.15) is 11.9 Å².